The van der Waals surface area contributed by atoms with E-state index < -0.39 is 26.5 Å². The maximum Gasteiger partial charge on any atom is 0.472 e. The molecule has 0 saturated heterocycles. The molecule has 2 unspecified atom stereocenters. The third-order valence-corrected chi connectivity index (χ3v) is 14.3. The van der Waals surface area contributed by atoms with Crippen molar-refractivity contribution in [1.82, 2.24) is 0 Å². The molecule has 0 aliphatic heterocycles. The summed E-state index contributed by atoms with van der Waals surface area (Å²) >= 11 is 0. The lowest BCUT2D eigenvalue weighted by Gasteiger charge is -2.24. The Morgan fingerprint density at radius 3 is 0.976 bits per heavy atom. The smallest absolute Gasteiger partial charge is 0.462 e. The first-order valence-corrected chi connectivity index (χ1v) is 34.1. The van der Waals surface area contributed by atoms with E-state index in [2.05, 4.69) is 160 Å². The van der Waals surface area contributed by atoms with Crippen LogP contribution in [-0.2, 0) is 32.7 Å². The minimum Gasteiger partial charge on any atom is -0.462 e. The first-order chi connectivity index (χ1) is 40.0. The lowest BCUT2D eigenvalue weighted by molar-refractivity contribution is -0.870. The highest BCUT2D eigenvalue weighted by Gasteiger charge is 2.27. The van der Waals surface area contributed by atoms with Gasteiger partial charge in [0.1, 0.15) is 19.8 Å². The fraction of sp³-hybridized carbons (Fsp3) is 0.639. The molecule has 0 spiro atoms. The fourth-order valence-electron chi connectivity index (χ4n) is 8.43. The fourth-order valence-corrected chi connectivity index (χ4v) is 9.18. The van der Waals surface area contributed by atoms with Crippen LogP contribution in [0, 0.1) is 0 Å². The Kier molecular flexibility index (Phi) is 58.4. The number of quaternary nitrogens is 1. The van der Waals surface area contributed by atoms with Crippen molar-refractivity contribution in [3.05, 3.63) is 146 Å². The third kappa shape index (κ3) is 65.0. The molecule has 82 heavy (non-hydrogen) atoms. The molecule has 0 aliphatic carbocycles. The standard InChI is InChI=1S/C72H120NO8P/c1-6-8-10-12-14-16-18-20-22-24-26-28-30-32-34-35-36-37-39-41-43-45-47-49-51-53-55-57-59-61-63-65-72(75)81-70(69-80-82(76,77)79-67-66-73(3,4)5)68-78-71(74)64-62-60-58-56-54-52-50-48-46-44-42-40-38-33-31-29-27-25-23-21-19-17-15-13-11-9-7-2/h8-11,14-17,20-23,26-29,32-34,36-38,41,43,70H,6-7,12-13,18-19,24-25,30-31,35,39-40,42,44-69H2,1-5H3/p+1/b10-8-,11-9-,16-14-,17-15-,22-20-,23-21-,28-26-,29-27-,34-32-,37-36-,38-33-,43-41-. The van der Waals surface area contributed by atoms with Crippen LogP contribution in [0.3, 0.4) is 0 Å². The van der Waals surface area contributed by atoms with Crippen molar-refractivity contribution in [2.45, 2.75) is 251 Å². The van der Waals surface area contributed by atoms with E-state index in [1.165, 1.54) is 89.9 Å². The number of phosphoric acid groups is 1. The minimum atomic E-state index is -4.40. The molecular formula is C72H121NO8P+. The molecule has 0 amide bonds. The van der Waals surface area contributed by atoms with Crippen molar-refractivity contribution in [2.75, 3.05) is 47.5 Å². The van der Waals surface area contributed by atoms with Crippen molar-refractivity contribution in [1.29, 1.82) is 0 Å². The number of phosphoric ester groups is 1. The van der Waals surface area contributed by atoms with Gasteiger partial charge in [0.25, 0.3) is 0 Å². The second-order valence-corrected chi connectivity index (χ2v) is 23.8. The molecule has 0 rings (SSSR count). The van der Waals surface area contributed by atoms with Crippen LogP contribution in [-0.4, -0.2) is 74.9 Å². The van der Waals surface area contributed by atoms with E-state index in [1.807, 2.05) is 21.1 Å². The first-order valence-electron chi connectivity index (χ1n) is 32.6. The predicted octanol–water partition coefficient (Wildman–Crippen LogP) is 21.0. The zero-order chi connectivity index (χ0) is 59.8. The van der Waals surface area contributed by atoms with E-state index in [9.17, 15) is 19.0 Å². The van der Waals surface area contributed by atoms with Gasteiger partial charge in [0.2, 0.25) is 0 Å². The van der Waals surface area contributed by atoms with Crippen LogP contribution < -0.4 is 0 Å². The van der Waals surface area contributed by atoms with Crippen LogP contribution in [0.4, 0.5) is 0 Å². The van der Waals surface area contributed by atoms with Gasteiger partial charge in [0.05, 0.1) is 27.7 Å². The number of likely N-dealkylation sites (N-methyl/N-ethyl adjacent to an activating group) is 1. The largest absolute Gasteiger partial charge is 0.472 e. The van der Waals surface area contributed by atoms with Gasteiger partial charge in [-0.15, -0.1) is 0 Å². The summed E-state index contributed by atoms with van der Waals surface area (Å²) in [5, 5.41) is 0. The molecule has 0 aromatic rings. The SMILES string of the molecule is CC/C=C\C/C=C\C/C=C\C/C=C\C/C=C\C/C=C\C/C=C\CCCCCCCCCCCC(=O)OC(COC(=O)CCCCCCCCCCCCC/C=C\C/C=C\C/C=C\C/C=C\C/C=C\CC)COP(=O)(O)OCC[N+](C)(C)C. The third-order valence-electron chi connectivity index (χ3n) is 13.4. The van der Waals surface area contributed by atoms with Gasteiger partial charge in [-0.05, 0) is 116 Å². The molecule has 0 aromatic carbocycles. The van der Waals surface area contributed by atoms with Gasteiger partial charge in [-0.2, -0.15) is 0 Å². The summed E-state index contributed by atoms with van der Waals surface area (Å²) in [6, 6.07) is 0. The van der Waals surface area contributed by atoms with Crippen LogP contribution in [0.2, 0.25) is 0 Å². The molecule has 0 aromatic heterocycles. The molecule has 0 aliphatic rings. The topological polar surface area (TPSA) is 108 Å². The Labute approximate surface area is 503 Å². The molecule has 466 valence electrons. The monoisotopic (exact) mass is 1160 g/mol. The summed E-state index contributed by atoms with van der Waals surface area (Å²) in [4.78, 5) is 35.8. The number of esters is 2. The Morgan fingerprint density at radius 1 is 0.378 bits per heavy atom. The maximum absolute atomic E-state index is 12.9. The quantitative estimate of drug-likeness (QED) is 0.0211. The average molecular weight is 1160 g/mol. The number of hydrogen-bond donors (Lipinski definition) is 1. The van der Waals surface area contributed by atoms with Crippen LogP contribution in [0.1, 0.15) is 245 Å². The molecule has 10 heteroatoms. The van der Waals surface area contributed by atoms with Gasteiger partial charge >= 0.3 is 19.8 Å². The van der Waals surface area contributed by atoms with E-state index in [4.69, 9.17) is 18.5 Å². The van der Waals surface area contributed by atoms with Gasteiger partial charge in [-0.3, -0.25) is 18.6 Å². The summed E-state index contributed by atoms with van der Waals surface area (Å²) in [6.45, 7) is 4.19. The molecule has 0 fully saturated rings. The van der Waals surface area contributed by atoms with Crippen LogP contribution in [0.5, 0.6) is 0 Å². The predicted molar refractivity (Wildman–Crippen MR) is 353 cm³/mol. The molecule has 0 saturated carbocycles. The molecule has 0 bridgehead atoms. The van der Waals surface area contributed by atoms with Gasteiger partial charge in [-0.1, -0.05) is 262 Å². The van der Waals surface area contributed by atoms with Crippen LogP contribution >= 0.6 is 7.82 Å². The van der Waals surface area contributed by atoms with Crippen molar-refractivity contribution >= 4 is 19.8 Å². The van der Waals surface area contributed by atoms with Crippen molar-refractivity contribution in [2.24, 2.45) is 0 Å². The van der Waals surface area contributed by atoms with Gasteiger partial charge in [0, 0.05) is 12.8 Å². The van der Waals surface area contributed by atoms with Gasteiger partial charge in [0.15, 0.2) is 6.10 Å². The summed E-state index contributed by atoms with van der Waals surface area (Å²) in [6.07, 6.45) is 90.6. The number of rotatable bonds is 58. The maximum atomic E-state index is 12.9. The Morgan fingerprint density at radius 2 is 0.659 bits per heavy atom. The number of hydrogen-bond acceptors (Lipinski definition) is 7. The summed E-state index contributed by atoms with van der Waals surface area (Å²) in [5.74, 6) is -0.815. The molecule has 0 radical (unpaired) electrons. The van der Waals surface area contributed by atoms with Gasteiger partial charge < -0.3 is 18.9 Å². The lowest BCUT2D eigenvalue weighted by Crippen LogP contribution is -2.37. The zero-order valence-corrected chi connectivity index (χ0v) is 53.8. The number of carbonyl (C=O) groups excluding carboxylic acids is 2. The summed E-state index contributed by atoms with van der Waals surface area (Å²) < 4.78 is 34.7. The van der Waals surface area contributed by atoms with Crippen molar-refractivity contribution in [3.63, 3.8) is 0 Å². The lowest BCUT2D eigenvalue weighted by atomic mass is 10.0. The van der Waals surface area contributed by atoms with E-state index in [1.54, 1.807) is 0 Å². The van der Waals surface area contributed by atoms with Crippen LogP contribution in [0.25, 0.3) is 0 Å². The number of ether oxygens (including phenoxy) is 2. The van der Waals surface area contributed by atoms with E-state index >= 15 is 0 Å². The molecule has 2 atom stereocenters. The molecule has 0 heterocycles. The molecule has 1 N–H and O–H groups in total. The number of allylic oxidation sites excluding steroid dienone is 24. The highest BCUT2D eigenvalue weighted by atomic mass is 31.2. The van der Waals surface area contributed by atoms with E-state index in [0.29, 0.717) is 17.4 Å². The van der Waals surface area contributed by atoms with Crippen molar-refractivity contribution in [3.8, 4) is 0 Å². The minimum absolute atomic E-state index is 0.0224. The summed E-state index contributed by atoms with van der Waals surface area (Å²) in [7, 11) is 1.45. The van der Waals surface area contributed by atoms with Crippen molar-refractivity contribution < 1.29 is 42.1 Å². The molecular weight excluding hydrogens is 1040 g/mol. The van der Waals surface area contributed by atoms with E-state index in [0.717, 1.165) is 122 Å². The number of nitrogens with zero attached hydrogens (tertiary/aromatic N) is 1. The number of unbranched alkanes of at least 4 members (excludes halogenated alkanes) is 20. The zero-order valence-electron chi connectivity index (χ0n) is 52.9. The number of carbonyl (C=O) groups is 2. The Hall–Kier alpha value is -4.11. The van der Waals surface area contributed by atoms with Crippen LogP contribution in [0.15, 0.2) is 146 Å². The average Bonchev–Trinajstić information content (AvgIpc) is 3.46. The highest BCUT2D eigenvalue weighted by molar-refractivity contribution is 7.47. The summed E-state index contributed by atoms with van der Waals surface area (Å²) in [5.41, 5.74) is 0. The normalized spacial score (nSPS) is 14.2. The highest BCUT2D eigenvalue weighted by Crippen LogP contribution is 2.43. The molecule has 9 nitrogen and oxygen atoms in total. The Bertz CT molecular complexity index is 1890. The van der Waals surface area contributed by atoms with Gasteiger partial charge in [-0.25, -0.2) is 4.57 Å². The van der Waals surface area contributed by atoms with E-state index in [-0.39, 0.29) is 32.0 Å². The second kappa shape index (κ2) is 61.5. The Balaban J connectivity index is 4.17. The first kappa shape index (κ1) is 77.9. The second-order valence-electron chi connectivity index (χ2n) is 22.4.